The number of H-pyrrole nitrogens is 1. The van der Waals surface area contributed by atoms with Gasteiger partial charge in [-0.3, -0.25) is 10.1 Å². The van der Waals surface area contributed by atoms with E-state index in [2.05, 4.69) is 20.4 Å². The molecule has 0 atom stereocenters. The van der Waals surface area contributed by atoms with E-state index in [0.29, 0.717) is 31.9 Å². The van der Waals surface area contributed by atoms with Crippen molar-refractivity contribution in [2.24, 2.45) is 4.99 Å². The normalized spacial score (nSPS) is 15.2. The minimum absolute atomic E-state index is 0.331. The second-order valence-corrected chi connectivity index (χ2v) is 6.93. The number of rotatable bonds is 6. The molecule has 3 rings (SSSR count). The van der Waals surface area contributed by atoms with Crippen LogP contribution in [0.5, 0.6) is 0 Å². The zero-order valence-electron chi connectivity index (χ0n) is 16.5. The Bertz CT molecular complexity index is 796. The maximum atomic E-state index is 14.0. The molecule has 1 aromatic heterocycles. The van der Waals surface area contributed by atoms with Gasteiger partial charge in [-0.2, -0.15) is 5.10 Å². The zero-order chi connectivity index (χ0) is 19.9. The summed E-state index contributed by atoms with van der Waals surface area (Å²) in [6.45, 7) is 8.26. The Hall–Kier alpha value is -2.64. The van der Waals surface area contributed by atoms with Gasteiger partial charge >= 0.3 is 0 Å². The van der Waals surface area contributed by atoms with Crippen LogP contribution in [0.25, 0.3) is 0 Å². The van der Waals surface area contributed by atoms with Crippen LogP contribution in [0.3, 0.4) is 0 Å². The number of aromatic nitrogens is 2. The van der Waals surface area contributed by atoms with Crippen LogP contribution in [-0.2, 0) is 6.42 Å². The second-order valence-electron chi connectivity index (χ2n) is 6.93. The van der Waals surface area contributed by atoms with Gasteiger partial charge in [0.1, 0.15) is 11.6 Å². The van der Waals surface area contributed by atoms with Gasteiger partial charge in [-0.25, -0.2) is 8.78 Å². The van der Waals surface area contributed by atoms with Crippen LogP contribution >= 0.6 is 0 Å². The number of halogens is 2. The number of nitrogens with zero attached hydrogens (tertiary/aromatic N) is 4. The standard InChI is InChI=1S/C20H28F2N6/c1-3-23-20(24-8-4-5-16-14-25-26-15(16)2)28-11-9-27(10-12-28)19-13-17(21)6-7-18(19)22/h6-7,13-14H,3-5,8-12H2,1-2H3,(H,23,24)(H,25,26). The summed E-state index contributed by atoms with van der Waals surface area (Å²) < 4.78 is 27.5. The van der Waals surface area contributed by atoms with Crippen LogP contribution in [0.1, 0.15) is 24.6 Å². The van der Waals surface area contributed by atoms with Gasteiger partial charge in [0.15, 0.2) is 5.96 Å². The summed E-state index contributed by atoms with van der Waals surface area (Å²) in [5.74, 6) is 0.0809. The number of benzene rings is 1. The first-order valence-corrected chi connectivity index (χ1v) is 9.80. The highest BCUT2D eigenvalue weighted by atomic mass is 19.1. The molecule has 28 heavy (non-hydrogen) atoms. The Morgan fingerprint density at radius 1 is 1.25 bits per heavy atom. The van der Waals surface area contributed by atoms with Gasteiger partial charge < -0.3 is 15.1 Å². The van der Waals surface area contributed by atoms with Crippen molar-refractivity contribution in [3.63, 3.8) is 0 Å². The van der Waals surface area contributed by atoms with Crippen LogP contribution in [0.4, 0.5) is 14.5 Å². The SMILES string of the molecule is CCNC(=NCCCc1cn[nH]c1C)N1CCN(c2cc(F)ccc2F)CC1. The number of nitrogens with one attached hydrogen (secondary N) is 2. The lowest BCUT2D eigenvalue weighted by molar-refractivity contribution is 0.370. The lowest BCUT2D eigenvalue weighted by Crippen LogP contribution is -2.52. The molecule has 1 aliphatic rings. The molecule has 1 saturated heterocycles. The highest BCUT2D eigenvalue weighted by Crippen LogP contribution is 2.22. The summed E-state index contributed by atoms with van der Waals surface area (Å²) in [5, 5.41) is 10.3. The molecule has 0 radical (unpaired) electrons. The molecule has 0 spiro atoms. The van der Waals surface area contributed by atoms with E-state index in [-0.39, 0.29) is 5.82 Å². The Balaban J connectivity index is 1.55. The van der Waals surface area contributed by atoms with E-state index in [4.69, 9.17) is 4.99 Å². The lowest BCUT2D eigenvalue weighted by Gasteiger charge is -2.37. The molecule has 0 aliphatic carbocycles. The van der Waals surface area contributed by atoms with Crippen molar-refractivity contribution in [3.8, 4) is 0 Å². The molecule has 0 bridgehead atoms. The molecule has 0 unspecified atom stereocenters. The van der Waals surface area contributed by atoms with Crippen molar-refractivity contribution in [2.45, 2.75) is 26.7 Å². The fourth-order valence-electron chi connectivity index (χ4n) is 3.40. The topological polar surface area (TPSA) is 59.6 Å². The Kier molecular flexibility index (Phi) is 6.84. The van der Waals surface area contributed by atoms with Gasteiger partial charge in [-0.15, -0.1) is 0 Å². The molecule has 2 N–H and O–H groups in total. The summed E-state index contributed by atoms with van der Waals surface area (Å²) in [5.41, 5.74) is 2.67. The van der Waals surface area contributed by atoms with E-state index in [1.807, 2.05) is 24.9 Å². The molecule has 2 aromatic rings. The number of hydrogen-bond donors (Lipinski definition) is 2. The second kappa shape index (κ2) is 9.52. The first-order chi connectivity index (χ1) is 13.6. The molecular formula is C20H28F2N6. The minimum atomic E-state index is -0.415. The van der Waals surface area contributed by atoms with Crippen LogP contribution in [-0.4, -0.2) is 60.3 Å². The first-order valence-electron chi connectivity index (χ1n) is 9.80. The third kappa shape index (κ3) is 4.99. The van der Waals surface area contributed by atoms with Crippen LogP contribution in [0, 0.1) is 18.6 Å². The quantitative estimate of drug-likeness (QED) is 0.452. The van der Waals surface area contributed by atoms with Crippen LogP contribution < -0.4 is 10.2 Å². The predicted molar refractivity (Wildman–Crippen MR) is 108 cm³/mol. The van der Waals surface area contributed by atoms with E-state index in [0.717, 1.165) is 43.7 Å². The van der Waals surface area contributed by atoms with E-state index in [9.17, 15) is 8.78 Å². The number of aromatic amines is 1. The molecule has 1 aliphatic heterocycles. The van der Waals surface area contributed by atoms with Gasteiger partial charge in [-0.1, -0.05) is 0 Å². The summed E-state index contributed by atoms with van der Waals surface area (Å²) >= 11 is 0. The fraction of sp³-hybridized carbons (Fsp3) is 0.500. The summed E-state index contributed by atoms with van der Waals surface area (Å²) in [6.07, 6.45) is 3.76. The predicted octanol–water partition coefficient (Wildman–Crippen LogP) is 2.72. The lowest BCUT2D eigenvalue weighted by atomic mass is 10.1. The molecule has 0 amide bonds. The highest BCUT2D eigenvalue weighted by Gasteiger charge is 2.22. The molecular weight excluding hydrogens is 362 g/mol. The van der Waals surface area contributed by atoms with Crippen molar-refractivity contribution >= 4 is 11.6 Å². The minimum Gasteiger partial charge on any atom is -0.366 e. The number of guanidine groups is 1. The smallest absolute Gasteiger partial charge is 0.194 e. The third-order valence-electron chi connectivity index (χ3n) is 4.96. The molecule has 1 fully saturated rings. The summed E-state index contributed by atoms with van der Waals surface area (Å²) in [4.78, 5) is 8.81. The number of piperazine rings is 1. The molecule has 2 heterocycles. The van der Waals surface area contributed by atoms with Crippen LogP contribution in [0.15, 0.2) is 29.4 Å². The molecule has 6 nitrogen and oxygen atoms in total. The van der Waals surface area contributed by atoms with Gasteiger partial charge in [0.2, 0.25) is 0 Å². The van der Waals surface area contributed by atoms with Crippen molar-refractivity contribution in [3.05, 3.63) is 47.3 Å². The maximum Gasteiger partial charge on any atom is 0.194 e. The Morgan fingerprint density at radius 3 is 2.71 bits per heavy atom. The van der Waals surface area contributed by atoms with Gasteiger partial charge in [0, 0.05) is 51.0 Å². The monoisotopic (exact) mass is 390 g/mol. The largest absolute Gasteiger partial charge is 0.366 e. The van der Waals surface area contributed by atoms with Gasteiger partial charge in [-0.05, 0) is 44.4 Å². The number of aryl methyl sites for hydroxylation is 2. The Labute approximate surface area is 164 Å². The van der Waals surface area contributed by atoms with E-state index in [1.54, 1.807) is 0 Å². The van der Waals surface area contributed by atoms with E-state index in [1.165, 1.54) is 17.7 Å². The number of aliphatic imine (C=N–C) groups is 1. The van der Waals surface area contributed by atoms with Crippen molar-refractivity contribution in [1.82, 2.24) is 20.4 Å². The Morgan fingerprint density at radius 2 is 2.04 bits per heavy atom. The molecule has 0 saturated carbocycles. The average molecular weight is 390 g/mol. The summed E-state index contributed by atoms with van der Waals surface area (Å²) in [6, 6.07) is 3.60. The third-order valence-corrected chi connectivity index (χ3v) is 4.96. The first kappa shape index (κ1) is 20.1. The number of anilines is 1. The molecule has 152 valence electrons. The maximum absolute atomic E-state index is 14.0. The fourth-order valence-corrected chi connectivity index (χ4v) is 3.40. The van der Waals surface area contributed by atoms with Crippen molar-refractivity contribution in [1.29, 1.82) is 0 Å². The van der Waals surface area contributed by atoms with Crippen molar-refractivity contribution < 1.29 is 8.78 Å². The number of hydrogen-bond acceptors (Lipinski definition) is 3. The summed E-state index contributed by atoms with van der Waals surface area (Å²) in [7, 11) is 0. The van der Waals surface area contributed by atoms with E-state index >= 15 is 0 Å². The molecule has 1 aromatic carbocycles. The van der Waals surface area contributed by atoms with Crippen LogP contribution in [0.2, 0.25) is 0 Å². The van der Waals surface area contributed by atoms with Crippen molar-refractivity contribution in [2.75, 3.05) is 44.2 Å². The zero-order valence-corrected chi connectivity index (χ0v) is 16.5. The average Bonchev–Trinajstić information content (AvgIpc) is 3.11. The van der Waals surface area contributed by atoms with E-state index < -0.39 is 5.82 Å². The molecule has 8 heteroatoms. The van der Waals surface area contributed by atoms with Gasteiger partial charge in [0.05, 0.1) is 11.9 Å². The highest BCUT2D eigenvalue weighted by molar-refractivity contribution is 5.80. The van der Waals surface area contributed by atoms with Gasteiger partial charge in [0.25, 0.3) is 0 Å².